The Morgan fingerprint density at radius 3 is 2.34 bits per heavy atom. The first kappa shape index (κ1) is 25.5. The van der Waals surface area contributed by atoms with Gasteiger partial charge < -0.3 is 4.74 Å². The van der Waals surface area contributed by atoms with Crippen molar-refractivity contribution in [3.8, 4) is 15.8 Å². The predicted octanol–water partition coefficient (Wildman–Crippen LogP) is 5.21. The summed E-state index contributed by atoms with van der Waals surface area (Å²) in [5, 5.41) is 0.747. The summed E-state index contributed by atoms with van der Waals surface area (Å²) < 4.78 is 40.3. The molecule has 3 aromatic carbocycles. The Morgan fingerprint density at radius 1 is 0.943 bits per heavy atom. The first-order chi connectivity index (χ1) is 16.6. The van der Waals surface area contributed by atoms with Crippen molar-refractivity contribution in [2.75, 3.05) is 39.5 Å². The Balaban J connectivity index is 0.00000289. The topological polar surface area (TPSA) is 38.8 Å². The molecule has 1 aromatic heterocycles. The molecule has 0 N–H and O–H groups in total. The monoisotopic (exact) mass is 563 g/mol. The van der Waals surface area contributed by atoms with Crippen LogP contribution in [-0.4, -0.2) is 64.6 Å². The number of carbonyl (C=O) groups excluding carboxylic acids is 1. The van der Waals surface area contributed by atoms with E-state index in [1.807, 2.05) is 0 Å². The second-order valence-electron chi connectivity index (χ2n) is 8.11. The van der Waals surface area contributed by atoms with Gasteiger partial charge in [-0.2, -0.15) is 0 Å². The maximum atomic E-state index is 13.9. The molecule has 35 heavy (non-hydrogen) atoms. The normalized spacial score (nSPS) is 14.0. The van der Waals surface area contributed by atoms with Crippen molar-refractivity contribution in [3.63, 3.8) is 0 Å². The molecule has 0 unspecified atom stereocenters. The molecule has 4 nitrogen and oxygen atoms in total. The van der Waals surface area contributed by atoms with Gasteiger partial charge in [0.1, 0.15) is 0 Å². The van der Waals surface area contributed by atoms with Crippen LogP contribution >= 0.6 is 12.4 Å². The van der Waals surface area contributed by atoms with Crippen LogP contribution in [0.1, 0.15) is 15.9 Å². The van der Waals surface area contributed by atoms with Gasteiger partial charge in [-0.3, -0.25) is 0 Å². The van der Waals surface area contributed by atoms with Gasteiger partial charge in [0.15, 0.2) is 0 Å². The Labute approximate surface area is 214 Å². The van der Waals surface area contributed by atoms with Crippen LogP contribution in [0.3, 0.4) is 0 Å². The van der Waals surface area contributed by atoms with E-state index in [0.29, 0.717) is 23.5 Å². The molecule has 0 bridgehead atoms. The van der Waals surface area contributed by atoms with Gasteiger partial charge in [-0.05, 0) is 0 Å². The molecule has 0 saturated carbocycles. The summed E-state index contributed by atoms with van der Waals surface area (Å²) in [6, 6.07) is 17.8. The van der Waals surface area contributed by atoms with Gasteiger partial charge in [-0.25, -0.2) is 0 Å². The summed E-state index contributed by atoms with van der Waals surface area (Å²) in [4.78, 5) is 15.9. The van der Waals surface area contributed by atoms with E-state index >= 15 is 0 Å². The number of benzene rings is 3. The zero-order chi connectivity index (χ0) is 23.5. The molecule has 0 spiro atoms. The molecular weight excluding hydrogens is 539 g/mol. The molecule has 182 valence electrons. The Bertz CT molecular complexity index is 1300. The molecule has 1 saturated heterocycles. The Kier molecular flexibility index (Phi) is 8.37. The number of hydrogen-bond donors (Lipinski definition) is 0. The molecule has 0 amide bonds. The Hall–Kier alpha value is -2.54. The van der Waals surface area contributed by atoms with Crippen molar-refractivity contribution in [3.05, 3.63) is 89.5 Å². The van der Waals surface area contributed by atoms with Gasteiger partial charge in [0.25, 0.3) is 0 Å². The minimum absolute atomic E-state index is 0. The number of fused-ring (bicyclic) bond motifs is 1. The second-order valence-corrected chi connectivity index (χ2v) is 10.3. The second kappa shape index (κ2) is 11.5. The van der Waals surface area contributed by atoms with Gasteiger partial charge in [-0.15, -0.1) is 12.4 Å². The van der Waals surface area contributed by atoms with Crippen molar-refractivity contribution < 1.29 is 23.0 Å². The van der Waals surface area contributed by atoms with E-state index in [9.17, 15) is 13.6 Å². The summed E-state index contributed by atoms with van der Waals surface area (Å²) >= 11 is -0.261. The standard InChI is InChI=1S/C27H23F2NO3Se.ClH/c28-20-5-1-19(2-6-20)27-25(23-10-7-21(29)17-24(23)34-27)26(31)18-3-8-22(9-4-18)33-16-13-30-11-14-32-15-12-30;/h1-10,17H,11-16H2;1H. The number of morpholine rings is 1. The van der Waals surface area contributed by atoms with Gasteiger partial charge in [-0.1, -0.05) is 0 Å². The van der Waals surface area contributed by atoms with E-state index in [1.165, 1.54) is 24.3 Å². The van der Waals surface area contributed by atoms with Gasteiger partial charge in [0.2, 0.25) is 0 Å². The van der Waals surface area contributed by atoms with Gasteiger partial charge in [0, 0.05) is 0 Å². The average Bonchev–Trinajstić information content (AvgIpc) is 3.23. The summed E-state index contributed by atoms with van der Waals surface area (Å²) in [7, 11) is 0. The quantitative estimate of drug-likeness (QED) is 0.229. The number of carbonyl (C=O) groups is 1. The van der Waals surface area contributed by atoms with Crippen LogP contribution in [0.4, 0.5) is 8.78 Å². The number of rotatable bonds is 7. The van der Waals surface area contributed by atoms with E-state index in [0.717, 1.165) is 52.5 Å². The fourth-order valence-corrected chi connectivity index (χ4v) is 6.65. The summed E-state index contributed by atoms with van der Waals surface area (Å²) in [5.74, 6) is -0.0936. The van der Waals surface area contributed by atoms with Gasteiger partial charge in [0.05, 0.1) is 13.2 Å². The van der Waals surface area contributed by atoms with Crippen LogP contribution in [-0.2, 0) is 4.74 Å². The van der Waals surface area contributed by atoms with E-state index in [2.05, 4.69) is 4.90 Å². The molecule has 8 heteroatoms. The third kappa shape index (κ3) is 5.83. The average molecular weight is 563 g/mol. The number of nitrogens with zero attached hydrogens (tertiary/aromatic N) is 1. The maximum absolute atomic E-state index is 13.9. The SMILES string of the molecule is Cl.O=C(c1ccc(OCCN2CCOCC2)cc1)c1c(-c2ccc(F)cc2)[se]c2cc(F)ccc12. The minimum atomic E-state index is -0.338. The van der Waals surface area contributed by atoms with E-state index in [-0.39, 0.29) is 44.3 Å². The van der Waals surface area contributed by atoms with Crippen molar-refractivity contribution in [1.29, 1.82) is 0 Å². The van der Waals surface area contributed by atoms with Crippen molar-refractivity contribution in [2.24, 2.45) is 0 Å². The molecular formula is C27H24ClF2NO3Se. The van der Waals surface area contributed by atoms with Crippen molar-refractivity contribution in [2.45, 2.75) is 0 Å². The molecule has 0 atom stereocenters. The van der Waals surface area contributed by atoms with E-state index < -0.39 is 0 Å². The third-order valence-corrected chi connectivity index (χ3v) is 8.40. The van der Waals surface area contributed by atoms with E-state index in [1.54, 1.807) is 42.5 Å². The summed E-state index contributed by atoms with van der Waals surface area (Å²) in [6.07, 6.45) is 0. The van der Waals surface area contributed by atoms with Crippen LogP contribution in [0.5, 0.6) is 5.75 Å². The molecule has 1 aliphatic rings. The van der Waals surface area contributed by atoms with Crippen LogP contribution in [0.25, 0.3) is 19.6 Å². The van der Waals surface area contributed by atoms with Crippen LogP contribution in [0, 0.1) is 11.6 Å². The van der Waals surface area contributed by atoms with Crippen LogP contribution in [0.15, 0.2) is 66.7 Å². The fraction of sp³-hybridized carbons (Fsp3) is 0.222. The van der Waals surface area contributed by atoms with Gasteiger partial charge >= 0.3 is 185 Å². The predicted molar refractivity (Wildman–Crippen MR) is 136 cm³/mol. The molecule has 0 aliphatic carbocycles. The number of ether oxygens (including phenoxy) is 2. The Morgan fingerprint density at radius 2 is 1.63 bits per heavy atom. The van der Waals surface area contributed by atoms with Crippen molar-refractivity contribution >= 4 is 42.3 Å². The van der Waals surface area contributed by atoms with Crippen molar-refractivity contribution in [1.82, 2.24) is 4.90 Å². The number of hydrogen-bond acceptors (Lipinski definition) is 4. The molecule has 2 heterocycles. The third-order valence-electron chi connectivity index (χ3n) is 5.88. The fourth-order valence-electron chi connectivity index (χ4n) is 4.06. The number of ketones is 1. The molecule has 0 radical (unpaired) electrons. The zero-order valence-corrected chi connectivity index (χ0v) is 21.4. The van der Waals surface area contributed by atoms with Crippen LogP contribution in [0.2, 0.25) is 0 Å². The summed E-state index contributed by atoms with van der Waals surface area (Å²) in [5.41, 5.74) is 1.87. The van der Waals surface area contributed by atoms with Crippen LogP contribution < -0.4 is 4.74 Å². The first-order valence-corrected chi connectivity index (χ1v) is 12.9. The molecule has 1 fully saturated rings. The zero-order valence-electron chi connectivity index (χ0n) is 18.8. The molecule has 4 aromatic rings. The molecule has 5 rings (SSSR count). The molecule has 1 aliphatic heterocycles. The number of halogens is 3. The summed E-state index contributed by atoms with van der Waals surface area (Å²) in [6.45, 7) is 4.72. The van der Waals surface area contributed by atoms with E-state index in [4.69, 9.17) is 9.47 Å². The first-order valence-electron chi connectivity index (χ1n) is 11.1.